The Morgan fingerprint density at radius 1 is 1.03 bits per heavy atom. The van der Waals surface area contributed by atoms with Crippen molar-refractivity contribution in [1.82, 2.24) is 20.3 Å². The molecule has 4 rings (SSSR count). The summed E-state index contributed by atoms with van der Waals surface area (Å²) in [5.74, 6) is -0.587. The Morgan fingerprint density at radius 2 is 1.75 bits per heavy atom. The minimum atomic E-state index is -0.587. The molecule has 2 aromatic carbocycles. The molecule has 2 N–H and O–H groups in total. The van der Waals surface area contributed by atoms with Crippen LogP contribution in [-0.2, 0) is 11.3 Å². The number of nitrogens with zero attached hydrogens (tertiary/aromatic N) is 4. The summed E-state index contributed by atoms with van der Waals surface area (Å²) in [5.41, 5.74) is 5.28. The Labute approximate surface area is 185 Å². The fourth-order valence-electron chi connectivity index (χ4n) is 3.50. The number of morpholine rings is 1. The third-order valence-electron chi connectivity index (χ3n) is 5.22. The number of hydrogen-bond donors (Lipinski definition) is 2. The van der Waals surface area contributed by atoms with E-state index in [0.717, 1.165) is 22.4 Å². The topological polar surface area (TPSA) is 108 Å². The van der Waals surface area contributed by atoms with Crippen molar-refractivity contribution >= 4 is 17.6 Å². The van der Waals surface area contributed by atoms with E-state index in [-0.39, 0.29) is 6.03 Å². The minimum absolute atomic E-state index is 0.119. The molecule has 0 radical (unpaired) electrons. The number of carbonyl (C=O) groups excluding carboxylic acids is 2. The lowest BCUT2D eigenvalue weighted by atomic mass is 10.1. The number of urea groups is 1. The smallest absolute Gasteiger partial charge is 0.324 e. The predicted molar refractivity (Wildman–Crippen MR) is 117 cm³/mol. The van der Waals surface area contributed by atoms with Gasteiger partial charge >= 0.3 is 6.03 Å². The van der Waals surface area contributed by atoms with E-state index < -0.39 is 5.91 Å². The molecule has 1 aliphatic heterocycles. The monoisotopic (exact) mass is 433 g/mol. The highest BCUT2D eigenvalue weighted by Crippen LogP contribution is 2.26. The number of anilines is 1. The average molecular weight is 433 g/mol. The van der Waals surface area contributed by atoms with Gasteiger partial charge in [0.15, 0.2) is 0 Å². The summed E-state index contributed by atoms with van der Waals surface area (Å²) in [6, 6.07) is 14.3. The van der Waals surface area contributed by atoms with Crippen molar-refractivity contribution in [3.05, 3.63) is 78.4 Å². The first kappa shape index (κ1) is 21.4. The summed E-state index contributed by atoms with van der Waals surface area (Å²) >= 11 is 0. The zero-order chi connectivity index (χ0) is 22.3. The lowest BCUT2D eigenvalue weighted by Crippen LogP contribution is -2.48. The molecule has 1 fully saturated rings. The molecular formula is C23H23N5O4. The number of hydroxylamine groups is 1. The number of carbonyl (C=O) groups is 2. The zero-order valence-electron chi connectivity index (χ0n) is 17.3. The maximum atomic E-state index is 13.4. The molecule has 3 aromatic rings. The summed E-state index contributed by atoms with van der Waals surface area (Å²) < 4.78 is 5.39. The van der Waals surface area contributed by atoms with Gasteiger partial charge in [0.1, 0.15) is 6.33 Å². The minimum Gasteiger partial charge on any atom is -0.378 e. The van der Waals surface area contributed by atoms with Gasteiger partial charge in [0.25, 0.3) is 5.91 Å². The summed E-state index contributed by atoms with van der Waals surface area (Å²) in [6.45, 7) is 2.37. The van der Waals surface area contributed by atoms with Crippen LogP contribution in [0.5, 0.6) is 0 Å². The van der Waals surface area contributed by atoms with Gasteiger partial charge in [0, 0.05) is 42.3 Å². The lowest BCUT2D eigenvalue weighted by Gasteiger charge is -2.33. The first-order valence-corrected chi connectivity index (χ1v) is 10.2. The molecule has 1 aromatic heterocycles. The second kappa shape index (κ2) is 9.99. The Kier molecular flexibility index (Phi) is 6.69. The second-order valence-electron chi connectivity index (χ2n) is 7.28. The maximum absolute atomic E-state index is 13.4. The van der Waals surface area contributed by atoms with E-state index >= 15 is 0 Å². The van der Waals surface area contributed by atoms with Crippen molar-refractivity contribution in [2.45, 2.75) is 6.54 Å². The van der Waals surface area contributed by atoms with Crippen LogP contribution in [0.1, 0.15) is 15.9 Å². The van der Waals surface area contributed by atoms with Crippen LogP contribution >= 0.6 is 0 Å². The molecule has 2 heterocycles. The molecular weight excluding hydrogens is 410 g/mol. The van der Waals surface area contributed by atoms with Crippen LogP contribution in [0.2, 0.25) is 0 Å². The van der Waals surface area contributed by atoms with E-state index in [2.05, 4.69) is 9.97 Å². The van der Waals surface area contributed by atoms with Crippen molar-refractivity contribution in [2.75, 3.05) is 31.2 Å². The molecule has 0 saturated carbocycles. The van der Waals surface area contributed by atoms with Gasteiger partial charge in [0.2, 0.25) is 0 Å². The highest BCUT2D eigenvalue weighted by atomic mass is 16.5. The van der Waals surface area contributed by atoms with Gasteiger partial charge in [-0.3, -0.25) is 14.9 Å². The van der Waals surface area contributed by atoms with Gasteiger partial charge in [-0.15, -0.1) is 0 Å². The number of benzene rings is 2. The molecule has 164 valence electrons. The number of hydrogen-bond acceptors (Lipinski definition) is 6. The predicted octanol–water partition coefficient (Wildman–Crippen LogP) is 2.72. The number of aromatic nitrogens is 2. The van der Waals surface area contributed by atoms with Crippen molar-refractivity contribution in [2.24, 2.45) is 0 Å². The van der Waals surface area contributed by atoms with Crippen molar-refractivity contribution in [1.29, 1.82) is 0 Å². The fourth-order valence-corrected chi connectivity index (χ4v) is 3.50. The quantitative estimate of drug-likeness (QED) is 0.473. The lowest BCUT2D eigenvalue weighted by molar-refractivity contribution is 0.0548. The Hall–Kier alpha value is -3.82. The van der Waals surface area contributed by atoms with E-state index in [4.69, 9.17) is 9.94 Å². The van der Waals surface area contributed by atoms with Crippen molar-refractivity contribution < 1.29 is 19.5 Å². The summed E-state index contributed by atoms with van der Waals surface area (Å²) in [4.78, 5) is 36.7. The van der Waals surface area contributed by atoms with Gasteiger partial charge in [-0.1, -0.05) is 24.3 Å². The number of amides is 3. The average Bonchev–Trinajstić information content (AvgIpc) is 2.88. The highest BCUT2D eigenvalue weighted by molar-refractivity contribution is 5.94. The summed E-state index contributed by atoms with van der Waals surface area (Å²) in [6.07, 6.45) is 4.93. The van der Waals surface area contributed by atoms with Gasteiger partial charge in [-0.2, -0.15) is 0 Å². The van der Waals surface area contributed by atoms with Crippen molar-refractivity contribution in [3.63, 3.8) is 0 Å². The Bertz CT molecular complexity index is 1070. The van der Waals surface area contributed by atoms with Gasteiger partial charge < -0.3 is 9.64 Å². The Balaban J connectivity index is 1.65. The molecule has 1 saturated heterocycles. The molecule has 3 amide bonds. The fraction of sp³-hybridized carbons (Fsp3) is 0.217. The molecule has 9 heteroatoms. The van der Waals surface area contributed by atoms with Crippen LogP contribution in [0.3, 0.4) is 0 Å². The second-order valence-corrected chi connectivity index (χ2v) is 7.28. The standard InChI is InChI=1S/C23H23N5O4/c29-22(26-31)18-6-4-17(5-7-18)15-28(23(30)27-8-10-32-11-9-27)21-3-1-2-19(12-21)20-13-24-16-25-14-20/h1-7,12-14,16,31H,8-11,15H2,(H,26,29). The maximum Gasteiger partial charge on any atom is 0.324 e. The van der Waals surface area contributed by atoms with Crippen molar-refractivity contribution in [3.8, 4) is 11.1 Å². The van der Waals surface area contributed by atoms with Crippen LogP contribution < -0.4 is 10.4 Å². The molecule has 0 bridgehead atoms. The Morgan fingerprint density at radius 3 is 2.44 bits per heavy atom. The first-order chi connectivity index (χ1) is 15.7. The molecule has 0 unspecified atom stereocenters. The van der Waals surface area contributed by atoms with Crippen LogP contribution in [-0.4, -0.2) is 58.3 Å². The molecule has 1 aliphatic rings. The summed E-state index contributed by atoms with van der Waals surface area (Å²) in [5, 5.41) is 8.81. The molecule has 9 nitrogen and oxygen atoms in total. The number of rotatable bonds is 5. The third-order valence-corrected chi connectivity index (χ3v) is 5.22. The van der Waals surface area contributed by atoms with Gasteiger partial charge in [-0.05, 0) is 35.4 Å². The highest BCUT2D eigenvalue weighted by Gasteiger charge is 2.25. The SMILES string of the molecule is O=C(NO)c1ccc(CN(C(=O)N2CCOCC2)c2cccc(-c3cncnc3)c2)cc1. The van der Waals surface area contributed by atoms with Crippen LogP contribution in [0, 0.1) is 0 Å². The van der Waals surface area contributed by atoms with E-state index in [1.807, 2.05) is 24.3 Å². The van der Waals surface area contributed by atoms with E-state index in [1.165, 1.54) is 6.33 Å². The molecule has 0 spiro atoms. The van der Waals surface area contributed by atoms with Crippen LogP contribution in [0.4, 0.5) is 10.5 Å². The summed E-state index contributed by atoms with van der Waals surface area (Å²) in [7, 11) is 0. The molecule has 0 atom stereocenters. The molecule has 32 heavy (non-hydrogen) atoms. The van der Waals surface area contributed by atoms with Crippen LogP contribution in [0.15, 0.2) is 67.3 Å². The van der Waals surface area contributed by atoms with E-state index in [1.54, 1.807) is 51.9 Å². The molecule has 0 aliphatic carbocycles. The van der Waals surface area contributed by atoms with E-state index in [0.29, 0.717) is 38.4 Å². The number of nitrogens with one attached hydrogen (secondary N) is 1. The third kappa shape index (κ3) is 4.90. The van der Waals surface area contributed by atoms with Gasteiger partial charge in [0.05, 0.1) is 19.8 Å². The zero-order valence-corrected chi connectivity index (χ0v) is 17.3. The largest absolute Gasteiger partial charge is 0.378 e. The van der Waals surface area contributed by atoms with Gasteiger partial charge in [-0.25, -0.2) is 20.2 Å². The van der Waals surface area contributed by atoms with Crippen LogP contribution in [0.25, 0.3) is 11.1 Å². The van der Waals surface area contributed by atoms with E-state index in [9.17, 15) is 9.59 Å². The number of ether oxygens (including phenoxy) is 1. The normalized spacial score (nSPS) is 13.5. The first-order valence-electron chi connectivity index (χ1n) is 10.2.